The molecule has 0 aliphatic heterocycles. The number of nitrogens with one attached hydrogen (secondary N) is 1. The quantitative estimate of drug-likeness (QED) is 0.588. The molecule has 3 aromatic rings. The van der Waals surface area contributed by atoms with Gasteiger partial charge >= 0.3 is 0 Å². The number of aromatic nitrogens is 2. The molecule has 0 aliphatic rings. The second-order valence-corrected chi connectivity index (χ2v) is 5.05. The Morgan fingerprint density at radius 2 is 2.25 bits per heavy atom. The summed E-state index contributed by atoms with van der Waals surface area (Å²) in [7, 11) is 0. The van der Waals surface area contributed by atoms with Gasteiger partial charge in [0.2, 0.25) is 5.95 Å². The predicted octanol–water partition coefficient (Wildman–Crippen LogP) is 3.21. The summed E-state index contributed by atoms with van der Waals surface area (Å²) in [5.74, 6) is 0.520. The van der Waals surface area contributed by atoms with E-state index < -0.39 is 4.92 Å². The molecule has 7 heteroatoms. The van der Waals surface area contributed by atoms with Gasteiger partial charge in [-0.1, -0.05) is 12.1 Å². The smallest absolute Gasteiger partial charge is 0.269 e. The molecule has 1 aromatic carbocycles. The Kier molecular flexibility index (Phi) is 3.26. The van der Waals surface area contributed by atoms with E-state index in [1.54, 1.807) is 23.6 Å². The van der Waals surface area contributed by atoms with Crippen molar-refractivity contribution in [2.75, 3.05) is 5.32 Å². The average Bonchev–Trinajstić information content (AvgIpc) is 2.93. The van der Waals surface area contributed by atoms with Crippen molar-refractivity contribution in [2.45, 2.75) is 6.54 Å². The van der Waals surface area contributed by atoms with Crippen molar-refractivity contribution in [1.82, 2.24) is 9.97 Å². The maximum Gasteiger partial charge on any atom is 0.269 e. The van der Waals surface area contributed by atoms with Gasteiger partial charge in [0.15, 0.2) is 0 Å². The summed E-state index contributed by atoms with van der Waals surface area (Å²) < 4.78 is 0. The topological polar surface area (TPSA) is 81.0 Å². The van der Waals surface area contributed by atoms with Crippen LogP contribution in [-0.4, -0.2) is 14.9 Å². The summed E-state index contributed by atoms with van der Waals surface area (Å²) in [6.45, 7) is 0.443. The third-order valence-corrected chi connectivity index (χ3v) is 3.60. The molecule has 6 nitrogen and oxygen atoms in total. The highest BCUT2D eigenvalue weighted by atomic mass is 32.1. The first-order valence-corrected chi connectivity index (χ1v) is 6.78. The molecule has 20 heavy (non-hydrogen) atoms. The van der Waals surface area contributed by atoms with Crippen molar-refractivity contribution < 1.29 is 4.92 Å². The highest BCUT2D eigenvalue weighted by Crippen LogP contribution is 2.19. The van der Waals surface area contributed by atoms with Crippen LogP contribution in [0.25, 0.3) is 10.2 Å². The van der Waals surface area contributed by atoms with Gasteiger partial charge in [0.25, 0.3) is 5.69 Å². The van der Waals surface area contributed by atoms with E-state index in [2.05, 4.69) is 15.3 Å². The largest absolute Gasteiger partial charge is 0.350 e. The van der Waals surface area contributed by atoms with Gasteiger partial charge < -0.3 is 5.32 Å². The SMILES string of the molecule is O=[N+]([O-])c1cccc(CNc2ncc3ccsc3n2)c1. The molecule has 0 bridgehead atoms. The number of nitro benzene ring substituents is 1. The molecule has 3 rings (SSSR count). The third kappa shape index (κ3) is 2.57. The van der Waals surface area contributed by atoms with Crippen molar-refractivity contribution in [3.63, 3.8) is 0 Å². The number of fused-ring (bicyclic) bond motifs is 1. The first-order chi connectivity index (χ1) is 9.72. The van der Waals surface area contributed by atoms with Gasteiger partial charge in [-0.15, -0.1) is 11.3 Å². The summed E-state index contributed by atoms with van der Waals surface area (Å²) in [6, 6.07) is 8.46. The minimum atomic E-state index is -0.405. The Morgan fingerprint density at radius 3 is 3.10 bits per heavy atom. The van der Waals surface area contributed by atoms with Crippen LogP contribution in [0, 0.1) is 10.1 Å². The van der Waals surface area contributed by atoms with E-state index >= 15 is 0 Å². The molecule has 1 N–H and O–H groups in total. The van der Waals surface area contributed by atoms with E-state index in [0.29, 0.717) is 12.5 Å². The van der Waals surface area contributed by atoms with E-state index in [0.717, 1.165) is 15.8 Å². The summed E-state index contributed by atoms with van der Waals surface area (Å²) in [4.78, 5) is 19.8. The molecule has 0 amide bonds. The summed E-state index contributed by atoms with van der Waals surface area (Å²) in [5.41, 5.74) is 0.896. The maximum atomic E-state index is 10.7. The lowest BCUT2D eigenvalue weighted by atomic mass is 10.2. The highest BCUT2D eigenvalue weighted by molar-refractivity contribution is 7.16. The molecule has 2 aromatic heterocycles. The van der Waals surface area contributed by atoms with Gasteiger partial charge in [-0.3, -0.25) is 10.1 Å². The predicted molar refractivity (Wildman–Crippen MR) is 77.8 cm³/mol. The Labute approximate surface area is 118 Å². The van der Waals surface area contributed by atoms with Crippen LogP contribution in [0.15, 0.2) is 41.9 Å². The second-order valence-electron chi connectivity index (χ2n) is 4.16. The van der Waals surface area contributed by atoms with Gasteiger partial charge in [0.05, 0.1) is 4.92 Å². The lowest BCUT2D eigenvalue weighted by Gasteiger charge is -2.04. The first kappa shape index (κ1) is 12.5. The van der Waals surface area contributed by atoms with E-state index in [1.807, 2.05) is 17.5 Å². The zero-order chi connectivity index (χ0) is 13.9. The number of nitrogens with zero attached hydrogens (tertiary/aromatic N) is 3. The van der Waals surface area contributed by atoms with E-state index in [-0.39, 0.29) is 5.69 Å². The van der Waals surface area contributed by atoms with Crippen LogP contribution in [0.5, 0.6) is 0 Å². The number of thiophene rings is 1. The Morgan fingerprint density at radius 1 is 1.35 bits per heavy atom. The van der Waals surface area contributed by atoms with Crippen molar-refractivity contribution >= 4 is 33.2 Å². The molecule has 0 radical (unpaired) electrons. The van der Waals surface area contributed by atoms with Crippen LogP contribution in [0.2, 0.25) is 0 Å². The summed E-state index contributed by atoms with van der Waals surface area (Å²) >= 11 is 1.55. The van der Waals surface area contributed by atoms with Crippen molar-refractivity contribution in [2.24, 2.45) is 0 Å². The molecule has 2 heterocycles. The number of hydrogen-bond donors (Lipinski definition) is 1. The molecule has 0 unspecified atom stereocenters. The standard InChI is InChI=1S/C13H10N4O2S/c18-17(19)11-3-1-2-9(6-11)7-14-13-15-8-10-4-5-20-12(10)16-13/h1-6,8H,7H2,(H,14,15,16). The molecule has 0 fully saturated rings. The van der Waals surface area contributed by atoms with Crippen LogP contribution >= 0.6 is 11.3 Å². The Hall–Kier alpha value is -2.54. The fourth-order valence-corrected chi connectivity index (χ4v) is 2.54. The monoisotopic (exact) mass is 286 g/mol. The van der Waals surface area contributed by atoms with Gasteiger partial charge in [-0.2, -0.15) is 0 Å². The fraction of sp³-hybridized carbons (Fsp3) is 0.0769. The maximum absolute atomic E-state index is 10.7. The number of anilines is 1. The number of hydrogen-bond acceptors (Lipinski definition) is 6. The highest BCUT2D eigenvalue weighted by Gasteiger charge is 2.06. The molecule has 0 saturated heterocycles. The van der Waals surface area contributed by atoms with Crippen LogP contribution in [-0.2, 0) is 6.54 Å². The van der Waals surface area contributed by atoms with Crippen LogP contribution in [0.4, 0.5) is 11.6 Å². The lowest BCUT2D eigenvalue weighted by Crippen LogP contribution is -2.03. The second kappa shape index (κ2) is 5.22. The molecule has 0 saturated carbocycles. The molecule has 0 atom stereocenters. The van der Waals surface area contributed by atoms with Crippen LogP contribution in [0.3, 0.4) is 0 Å². The first-order valence-electron chi connectivity index (χ1n) is 5.90. The minimum absolute atomic E-state index is 0.0823. The average molecular weight is 286 g/mol. The third-order valence-electron chi connectivity index (χ3n) is 2.78. The minimum Gasteiger partial charge on any atom is -0.350 e. The zero-order valence-electron chi connectivity index (χ0n) is 10.3. The van der Waals surface area contributed by atoms with E-state index in [4.69, 9.17) is 0 Å². The molecule has 0 spiro atoms. The van der Waals surface area contributed by atoms with Crippen molar-refractivity contribution in [3.8, 4) is 0 Å². The van der Waals surface area contributed by atoms with Gasteiger partial charge in [0, 0.05) is 30.3 Å². The summed E-state index contributed by atoms with van der Waals surface area (Å²) in [6.07, 6.45) is 1.76. The zero-order valence-corrected chi connectivity index (χ0v) is 11.1. The van der Waals surface area contributed by atoms with Gasteiger partial charge in [-0.25, -0.2) is 9.97 Å². The Bertz CT molecular complexity index is 772. The molecule has 100 valence electrons. The molecule has 0 aliphatic carbocycles. The normalized spacial score (nSPS) is 10.6. The number of rotatable bonds is 4. The number of benzene rings is 1. The van der Waals surface area contributed by atoms with Crippen LogP contribution < -0.4 is 5.32 Å². The van der Waals surface area contributed by atoms with Gasteiger partial charge in [-0.05, 0) is 17.0 Å². The fourth-order valence-electron chi connectivity index (χ4n) is 1.80. The van der Waals surface area contributed by atoms with Crippen molar-refractivity contribution in [1.29, 1.82) is 0 Å². The Balaban J connectivity index is 1.75. The van der Waals surface area contributed by atoms with Crippen LogP contribution in [0.1, 0.15) is 5.56 Å². The summed E-state index contributed by atoms with van der Waals surface area (Å²) in [5, 5.41) is 16.7. The van der Waals surface area contributed by atoms with Crippen molar-refractivity contribution in [3.05, 3.63) is 57.6 Å². The lowest BCUT2D eigenvalue weighted by molar-refractivity contribution is -0.384. The van der Waals surface area contributed by atoms with Gasteiger partial charge in [0.1, 0.15) is 4.83 Å². The number of nitro groups is 1. The molecular formula is C13H10N4O2S. The number of non-ortho nitro benzene ring substituents is 1. The molecular weight excluding hydrogens is 276 g/mol. The van der Waals surface area contributed by atoms with E-state index in [1.165, 1.54) is 12.1 Å². The van der Waals surface area contributed by atoms with E-state index in [9.17, 15) is 10.1 Å².